The Morgan fingerprint density at radius 3 is 2.57 bits per heavy atom. The number of thioether (sulfide) groups is 1. The van der Waals surface area contributed by atoms with E-state index in [1.54, 1.807) is 30.3 Å². The second-order valence-corrected chi connectivity index (χ2v) is 7.47. The van der Waals surface area contributed by atoms with Gasteiger partial charge in [0.2, 0.25) is 0 Å². The zero-order chi connectivity index (χ0) is 20.3. The molecule has 144 valence electrons. The molecule has 0 radical (unpaired) electrons. The number of carbonyl (C=O) groups is 2. The molecule has 2 aromatic rings. The first-order valence-corrected chi connectivity index (χ1v) is 9.50. The summed E-state index contributed by atoms with van der Waals surface area (Å²) in [7, 11) is 0. The molecule has 0 aromatic heterocycles. The topological polar surface area (TPSA) is 88.0 Å². The van der Waals surface area contributed by atoms with Gasteiger partial charge in [0.15, 0.2) is 11.3 Å². The van der Waals surface area contributed by atoms with Crippen LogP contribution in [0.4, 0.5) is 5.69 Å². The van der Waals surface area contributed by atoms with Gasteiger partial charge in [-0.3, -0.25) is 4.79 Å². The van der Waals surface area contributed by atoms with Gasteiger partial charge in [0.1, 0.15) is 5.75 Å². The lowest BCUT2D eigenvalue weighted by Gasteiger charge is -2.10. The van der Waals surface area contributed by atoms with Crippen LogP contribution in [0.15, 0.2) is 52.4 Å². The van der Waals surface area contributed by atoms with Crippen molar-refractivity contribution >= 4 is 40.6 Å². The predicted molar refractivity (Wildman–Crippen MR) is 111 cm³/mol. The number of amides is 1. The molecule has 1 aliphatic rings. The Hall–Kier alpha value is -3.06. The minimum absolute atomic E-state index is 0.201. The molecule has 1 heterocycles. The van der Waals surface area contributed by atoms with E-state index in [4.69, 9.17) is 9.84 Å². The number of nitrogens with one attached hydrogen (secondary N) is 1. The van der Waals surface area contributed by atoms with Crippen molar-refractivity contribution in [2.45, 2.75) is 26.9 Å². The fourth-order valence-electron chi connectivity index (χ4n) is 2.57. The second-order valence-electron chi connectivity index (χ2n) is 6.44. The van der Waals surface area contributed by atoms with Gasteiger partial charge >= 0.3 is 5.97 Å². The molecular formula is C21H20N2O4S. The Morgan fingerprint density at radius 1 is 1.21 bits per heavy atom. The quantitative estimate of drug-likeness (QED) is 0.745. The third-order valence-corrected chi connectivity index (χ3v) is 4.97. The molecule has 0 aliphatic carbocycles. The van der Waals surface area contributed by atoms with Crippen LogP contribution in [-0.4, -0.2) is 28.3 Å². The summed E-state index contributed by atoms with van der Waals surface area (Å²) in [6.45, 7) is 5.48. The lowest BCUT2D eigenvalue weighted by molar-refractivity contribution is -0.144. The first-order chi connectivity index (χ1) is 13.3. The highest BCUT2D eigenvalue weighted by atomic mass is 32.2. The van der Waals surface area contributed by atoms with Gasteiger partial charge in [-0.05, 0) is 67.9 Å². The Morgan fingerprint density at radius 2 is 1.93 bits per heavy atom. The fraction of sp³-hybridized carbons (Fsp3) is 0.190. The summed E-state index contributed by atoms with van der Waals surface area (Å²) in [4.78, 5) is 28.2. The third kappa shape index (κ3) is 4.80. The molecule has 0 unspecified atom stereocenters. The number of aryl methyl sites for hydroxylation is 2. The highest BCUT2D eigenvalue weighted by Crippen LogP contribution is 2.29. The Kier molecular flexibility index (Phi) is 5.84. The van der Waals surface area contributed by atoms with Crippen molar-refractivity contribution < 1.29 is 19.4 Å². The van der Waals surface area contributed by atoms with Crippen LogP contribution >= 0.6 is 11.8 Å². The Labute approximate surface area is 167 Å². The summed E-state index contributed by atoms with van der Waals surface area (Å²) in [5.41, 5.74) is 3.84. The minimum atomic E-state index is -1.03. The average Bonchev–Trinajstić information content (AvgIpc) is 2.98. The number of carboxylic acids is 1. The average molecular weight is 396 g/mol. The smallest absolute Gasteiger partial charge is 0.344 e. The van der Waals surface area contributed by atoms with E-state index in [0.29, 0.717) is 15.8 Å². The zero-order valence-corrected chi connectivity index (χ0v) is 16.5. The van der Waals surface area contributed by atoms with E-state index in [1.807, 2.05) is 32.0 Å². The van der Waals surface area contributed by atoms with Crippen LogP contribution in [0.2, 0.25) is 0 Å². The van der Waals surface area contributed by atoms with E-state index >= 15 is 0 Å². The van der Waals surface area contributed by atoms with E-state index in [-0.39, 0.29) is 5.91 Å². The van der Waals surface area contributed by atoms with Gasteiger partial charge in [-0.1, -0.05) is 29.8 Å². The van der Waals surface area contributed by atoms with Crippen molar-refractivity contribution in [1.29, 1.82) is 0 Å². The van der Waals surface area contributed by atoms with Gasteiger partial charge in [0.25, 0.3) is 5.91 Å². The third-order valence-electron chi connectivity index (χ3n) is 4.06. The van der Waals surface area contributed by atoms with E-state index < -0.39 is 12.1 Å². The number of rotatable bonds is 5. The van der Waals surface area contributed by atoms with Crippen molar-refractivity contribution in [1.82, 2.24) is 5.32 Å². The normalized spacial score (nSPS) is 17.6. The number of amidine groups is 1. The molecule has 1 amide bonds. The fourth-order valence-corrected chi connectivity index (χ4v) is 3.40. The number of carbonyl (C=O) groups excluding carboxylic acids is 1. The molecule has 2 aromatic carbocycles. The van der Waals surface area contributed by atoms with Gasteiger partial charge < -0.3 is 15.2 Å². The Balaban J connectivity index is 1.73. The molecular weight excluding hydrogens is 376 g/mol. The largest absolute Gasteiger partial charge is 0.479 e. The standard InChI is InChI=1S/C21H20N2O4S/c1-12-4-9-17(13(2)10-12)22-21-23-19(24)18(28-21)11-15-5-7-16(8-6-15)27-14(3)20(25)26/h4-11,14H,1-3H3,(H,25,26)(H,22,23,24)/b18-11-/t14-/m0/s1. The van der Waals surface area contributed by atoms with E-state index in [2.05, 4.69) is 10.3 Å². The van der Waals surface area contributed by atoms with Gasteiger partial charge in [0, 0.05) is 0 Å². The maximum absolute atomic E-state index is 12.2. The number of hydrogen-bond acceptors (Lipinski definition) is 5. The molecule has 0 spiro atoms. The van der Waals surface area contributed by atoms with Gasteiger partial charge in [-0.25, -0.2) is 9.79 Å². The number of nitrogens with zero attached hydrogens (tertiary/aromatic N) is 1. The first-order valence-electron chi connectivity index (χ1n) is 8.68. The van der Waals surface area contributed by atoms with Gasteiger partial charge in [-0.2, -0.15) is 0 Å². The lowest BCUT2D eigenvalue weighted by atomic mass is 10.1. The number of aliphatic imine (C=N–C) groups is 1. The molecule has 7 heteroatoms. The van der Waals surface area contributed by atoms with E-state index in [0.717, 1.165) is 22.4 Å². The van der Waals surface area contributed by atoms with Crippen LogP contribution in [0.25, 0.3) is 6.08 Å². The molecule has 6 nitrogen and oxygen atoms in total. The summed E-state index contributed by atoms with van der Waals surface area (Å²) < 4.78 is 5.30. The zero-order valence-electron chi connectivity index (χ0n) is 15.7. The number of hydrogen-bond donors (Lipinski definition) is 2. The number of carboxylic acid groups (broad SMARTS) is 1. The molecule has 3 rings (SSSR count). The summed E-state index contributed by atoms with van der Waals surface area (Å²) in [6, 6.07) is 12.9. The molecule has 28 heavy (non-hydrogen) atoms. The van der Waals surface area contributed by atoms with Gasteiger partial charge in [0.05, 0.1) is 10.6 Å². The molecule has 0 bridgehead atoms. The monoisotopic (exact) mass is 396 g/mol. The molecule has 2 N–H and O–H groups in total. The molecule has 0 saturated carbocycles. The first kappa shape index (κ1) is 19.7. The minimum Gasteiger partial charge on any atom is -0.479 e. The van der Waals surface area contributed by atoms with Crippen molar-refractivity contribution in [2.24, 2.45) is 4.99 Å². The number of ether oxygens (including phenoxy) is 1. The van der Waals surface area contributed by atoms with Crippen LogP contribution in [-0.2, 0) is 9.59 Å². The van der Waals surface area contributed by atoms with Crippen LogP contribution in [0.3, 0.4) is 0 Å². The summed E-state index contributed by atoms with van der Waals surface area (Å²) in [5, 5.41) is 12.2. The summed E-state index contributed by atoms with van der Waals surface area (Å²) in [6.07, 6.45) is 0.832. The number of aliphatic carboxylic acids is 1. The van der Waals surface area contributed by atoms with Crippen molar-refractivity contribution in [2.75, 3.05) is 0 Å². The highest BCUT2D eigenvalue weighted by Gasteiger charge is 2.24. The van der Waals surface area contributed by atoms with Gasteiger partial charge in [-0.15, -0.1) is 0 Å². The SMILES string of the molecule is Cc1ccc(N=C2NC(=O)/C(=C/c3ccc(O[C@@H](C)C(=O)O)cc3)S2)c(C)c1. The summed E-state index contributed by atoms with van der Waals surface area (Å²) >= 11 is 1.28. The lowest BCUT2D eigenvalue weighted by Crippen LogP contribution is -2.22. The Bertz CT molecular complexity index is 980. The molecule has 1 atom stereocenters. The van der Waals surface area contributed by atoms with Crippen LogP contribution in [0.5, 0.6) is 5.75 Å². The van der Waals surface area contributed by atoms with Crippen LogP contribution in [0, 0.1) is 13.8 Å². The highest BCUT2D eigenvalue weighted by molar-refractivity contribution is 8.18. The molecule has 1 saturated heterocycles. The summed E-state index contributed by atoms with van der Waals surface area (Å²) in [5.74, 6) is -0.771. The van der Waals surface area contributed by atoms with Crippen LogP contribution in [0.1, 0.15) is 23.6 Å². The molecule has 1 aliphatic heterocycles. The van der Waals surface area contributed by atoms with Crippen molar-refractivity contribution in [3.63, 3.8) is 0 Å². The maximum atomic E-state index is 12.2. The van der Waals surface area contributed by atoms with Crippen LogP contribution < -0.4 is 10.1 Å². The maximum Gasteiger partial charge on any atom is 0.344 e. The molecule has 1 fully saturated rings. The van der Waals surface area contributed by atoms with E-state index in [9.17, 15) is 9.59 Å². The second kappa shape index (κ2) is 8.31. The van der Waals surface area contributed by atoms with Crippen molar-refractivity contribution in [3.05, 3.63) is 64.1 Å². The van der Waals surface area contributed by atoms with E-state index in [1.165, 1.54) is 18.7 Å². The predicted octanol–water partition coefficient (Wildman–Crippen LogP) is 4.05. The number of benzene rings is 2. The van der Waals surface area contributed by atoms with Crippen molar-refractivity contribution in [3.8, 4) is 5.75 Å².